The highest BCUT2D eigenvalue weighted by Crippen LogP contribution is 2.41. The smallest absolute Gasteiger partial charge is 0.341 e. The maximum absolute atomic E-state index is 13.0. The zero-order valence-electron chi connectivity index (χ0n) is 13.4. The first kappa shape index (κ1) is 20.1. The lowest BCUT2D eigenvalue weighted by Gasteiger charge is -2.17. The Hall–Kier alpha value is -2.19. The molecule has 0 saturated carbocycles. The molecule has 0 aliphatic carbocycles. The molecule has 0 spiro atoms. The maximum Gasteiger partial charge on any atom is 0.417 e. The van der Waals surface area contributed by atoms with Gasteiger partial charge in [-0.25, -0.2) is 4.79 Å². The topological polar surface area (TPSA) is 58.2 Å². The normalized spacial score (nSPS) is 12.3. The van der Waals surface area contributed by atoms with Gasteiger partial charge in [-0.1, -0.05) is 41.9 Å². The van der Waals surface area contributed by atoms with Gasteiger partial charge in [-0.05, 0) is 23.8 Å². The Morgan fingerprint density at radius 3 is 2.35 bits per heavy atom. The SMILES string of the molecule is CNC(=O)NC(=O)[C@@H](Sc1ccc(Cl)c(C(F)(F)F)c1)c1ccccc1. The van der Waals surface area contributed by atoms with Crippen LogP contribution in [0.2, 0.25) is 5.02 Å². The molecule has 0 fully saturated rings. The monoisotopic (exact) mass is 402 g/mol. The van der Waals surface area contributed by atoms with Crippen LogP contribution in [0.25, 0.3) is 0 Å². The van der Waals surface area contributed by atoms with Crippen LogP contribution in [0.5, 0.6) is 0 Å². The highest BCUT2D eigenvalue weighted by Gasteiger charge is 2.34. The molecule has 1 atom stereocenters. The van der Waals surface area contributed by atoms with Crippen LogP contribution < -0.4 is 10.6 Å². The summed E-state index contributed by atoms with van der Waals surface area (Å²) in [6.45, 7) is 0. The van der Waals surface area contributed by atoms with Gasteiger partial charge < -0.3 is 5.32 Å². The van der Waals surface area contributed by atoms with Gasteiger partial charge in [-0.15, -0.1) is 11.8 Å². The van der Waals surface area contributed by atoms with E-state index in [2.05, 4.69) is 10.6 Å². The molecule has 3 amide bonds. The summed E-state index contributed by atoms with van der Waals surface area (Å²) in [6.07, 6.45) is -4.61. The second kappa shape index (κ2) is 8.46. The van der Waals surface area contributed by atoms with Crippen LogP contribution >= 0.6 is 23.4 Å². The molecule has 9 heteroatoms. The zero-order valence-corrected chi connectivity index (χ0v) is 15.0. The molecule has 26 heavy (non-hydrogen) atoms. The van der Waals surface area contributed by atoms with Gasteiger partial charge in [0.2, 0.25) is 5.91 Å². The number of benzene rings is 2. The van der Waals surface area contributed by atoms with Crippen LogP contribution in [0.15, 0.2) is 53.4 Å². The van der Waals surface area contributed by atoms with E-state index in [4.69, 9.17) is 11.6 Å². The zero-order chi connectivity index (χ0) is 19.3. The van der Waals surface area contributed by atoms with Crippen molar-refractivity contribution in [1.29, 1.82) is 0 Å². The lowest BCUT2D eigenvalue weighted by Crippen LogP contribution is -2.39. The van der Waals surface area contributed by atoms with Gasteiger partial charge in [0.05, 0.1) is 10.6 Å². The van der Waals surface area contributed by atoms with Gasteiger partial charge in [0, 0.05) is 11.9 Å². The van der Waals surface area contributed by atoms with Crippen molar-refractivity contribution in [3.8, 4) is 0 Å². The van der Waals surface area contributed by atoms with Gasteiger partial charge in [0.25, 0.3) is 0 Å². The fraction of sp³-hybridized carbons (Fsp3) is 0.176. The van der Waals surface area contributed by atoms with E-state index in [1.165, 1.54) is 13.1 Å². The number of urea groups is 1. The molecule has 0 radical (unpaired) electrons. The van der Waals surface area contributed by atoms with E-state index < -0.39 is 34.0 Å². The van der Waals surface area contributed by atoms with Gasteiger partial charge in [0.15, 0.2) is 0 Å². The molecule has 0 saturated heterocycles. The summed E-state index contributed by atoms with van der Waals surface area (Å²) in [4.78, 5) is 24.0. The van der Waals surface area contributed by atoms with Gasteiger partial charge in [0.1, 0.15) is 5.25 Å². The van der Waals surface area contributed by atoms with Crippen LogP contribution in [0.4, 0.5) is 18.0 Å². The van der Waals surface area contributed by atoms with Crippen molar-refractivity contribution in [3.05, 3.63) is 64.7 Å². The summed E-state index contributed by atoms with van der Waals surface area (Å²) in [5, 5.41) is 3.06. The molecule has 4 nitrogen and oxygen atoms in total. The number of hydrogen-bond acceptors (Lipinski definition) is 3. The Labute approximate surface area is 157 Å². The van der Waals surface area contributed by atoms with E-state index in [1.807, 2.05) is 0 Å². The molecule has 0 aromatic heterocycles. The Balaban J connectivity index is 2.36. The molecule has 0 aliphatic rings. The molecule has 2 N–H and O–H groups in total. The number of carbonyl (C=O) groups excluding carboxylic acids is 2. The Kier molecular flexibility index (Phi) is 6.55. The van der Waals surface area contributed by atoms with Gasteiger partial charge in [-0.3, -0.25) is 10.1 Å². The first-order valence-corrected chi connectivity index (χ1v) is 8.59. The number of amides is 3. The molecular formula is C17H14ClF3N2O2S. The number of imide groups is 1. The Bertz CT molecular complexity index is 800. The van der Waals surface area contributed by atoms with E-state index in [0.717, 1.165) is 23.9 Å². The van der Waals surface area contributed by atoms with Crippen molar-refractivity contribution in [2.45, 2.75) is 16.3 Å². The van der Waals surface area contributed by atoms with Gasteiger partial charge >= 0.3 is 12.2 Å². The highest BCUT2D eigenvalue weighted by molar-refractivity contribution is 8.00. The van der Waals surface area contributed by atoms with Crippen molar-refractivity contribution < 1.29 is 22.8 Å². The number of carbonyl (C=O) groups is 2. The number of alkyl halides is 3. The van der Waals surface area contributed by atoms with Crippen LogP contribution in [0, 0.1) is 0 Å². The summed E-state index contributed by atoms with van der Waals surface area (Å²) in [5.74, 6) is -0.649. The minimum atomic E-state index is -4.61. The molecule has 0 heterocycles. The first-order chi connectivity index (χ1) is 12.2. The molecule has 2 rings (SSSR count). The van der Waals surface area contributed by atoms with Crippen LogP contribution in [-0.2, 0) is 11.0 Å². The minimum absolute atomic E-state index is 0.197. The van der Waals surface area contributed by atoms with E-state index in [0.29, 0.717) is 5.56 Å². The third-order valence-electron chi connectivity index (χ3n) is 3.30. The second-order valence-electron chi connectivity index (χ2n) is 5.12. The predicted octanol–water partition coefficient (Wildman–Crippen LogP) is 4.65. The Morgan fingerprint density at radius 1 is 1.12 bits per heavy atom. The van der Waals surface area contributed by atoms with Crippen LogP contribution in [-0.4, -0.2) is 19.0 Å². The summed E-state index contributed by atoms with van der Waals surface area (Å²) < 4.78 is 39.1. The van der Waals surface area contributed by atoms with Crippen molar-refractivity contribution >= 4 is 35.3 Å². The maximum atomic E-state index is 13.0. The van der Waals surface area contributed by atoms with Crippen molar-refractivity contribution in [3.63, 3.8) is 0 Å². The fourth-order valence-electron chi connectivity index (χ4n) is 2.07. The third kappa shape index (κ3) is 5.15. The number of halogens is 4. The summed E-state index contributed by atoms with van der Waals surface area (Å²) >= 11 is 6.51. The van der Waals surface area contributed by atoms with E-state index in [1.54, 1.807) is 30.3 Å². The van der Waals surface area contributed by atoms with E-state index >= 15 is 0 Å². The highest BCUT2D eigenvalue weighted by atomic mass is 35.5. The van der Waals surface area contributed by atoms with Crippen molar-refractivity contribution in [2.24, 2.45) is 0 Å². The molecule has 138 valence electrons. The summed E-state index contributed by atoms with van der Waals surface area (Å²) in [5.41, 5.74) is -0.440. The Morgan fingerprint density at radius 2 is 1.77 bits per heavy atom. The number of nitrogens with one attached hydrogen (secondary N) is 2. The molecule has 2 aromatic rings. The molecule has 0 bridgehead atoms. The number of rotatable bonds is 4. The van der Waals surface area contributed by atoms with Gasteiger partial charge in [-0.2, -0.15) is 13.2 Å². The van der Waals surface area contributed by atoms with Crippen LogP contribution in [0.3, 0.4) is 0 Å². The molecule has 2 aromatic carbocycles. The van der Waals surface area contributed by atoms with Crippen LogP contribution in [0.1, 0.15) is 16.4 Å². The van der Waals surface area contributed by atoms with E-state index in [-0.39, 0.29) is 4.90 Å². The average Bonchev–Trinajstić information content (AvgIpc) is 2.60. The van der Waals surface area contributed by atoms with Crippen molar-refractivity contribution in [2.75, 3.05) is 7.05 Å². The molecule has 0 unspecified atom stereocenters. The summed E-state index contributed by atoms with van der Waals surface area (Å²) in [6, 6.07) is 11.1. The third-order valence-corrected chi connectivity index (χ3v) is 4.88. The first-order valence-electron chi connectivity index (χ1n) is 7.33. The quantitative estimate of drug-likeness (QED) is 0.732. The standard InChI is InChI=1S/C17H14ClF3N2O2S/c1-22-16(25)23-15(24)14(10-5-3-2-4-6-10)26-11-7-8-13(18)12(9-11)17(19,20)21/h2-9,14H,1H3,(H2,22,23,24,25)/t14-/m0/s1. The lowest BCUT2D eigenvalue weighted by molar-refractivity contribution is -0.137. The van der Waals surface area contributed by atoms with Crippen molar-refractivity contribution in [1.82, 2.24) is 10.6 Å². The molecule has 0 aliphatic heterocycles. The molecular weight excluding hydrogens is 389 g/mol. The lowest BCUT2D eigenvalue weighted by atomic mass is 10.1. The minimum Gasteiger partial charge on any atom is -0.341 e. The fourth-order valence-corrected chi connectivity index (χ4v) is 3.36. The number of thioether (sulfide) groups is 1. The predicted molar refractivity (Wildman–Crippen MR) is 94.1 cm³/mol. The second-order valence-corrected chi connectivity index (χ2v) is 6.70. The largest absolute Gasteiger partial charge is 0.417 e. The van der Waals surface area contributed by atoms with E-state index in [9.17, 15) is 22.8 Å². The summed E-state index contributed by atoms with van der Waals surface area (Å²) in [7, 11) is 1.35. The number of hydrogen-bond donors (Lipinski definition) is 2. The average molecular weight is 403 g/mol.